The van der Waals surface area contributed by atoms with Gasteiger partial charge in [0.05, 0.1) is 6.10 Å². The van der Waals surface area contributed by atoms with E-state index >= 15 is 0 Å². The van der Waals surface area contributed by atoms with Crippen molar-refractivity contribution in [2.24, 2.45) is 0 Å². The van der Waals surface area contributed by atoms with Gasteiger partial charge in [0, 0.05) is 15.1 Å². The molecule has 0 bridgehead atoms. The van der Waals surface area contributed by atoms with Crippen molar-refractivity contribution in [2.45, 2.75) is 45.4 Å². The third kappa shape index (κ3) is 5.63. The molecule has 0 saturated heterocycles. The molecule has 0 heterocycles. The molecule has 2 nitrogen and oxygen atoms in total. The monoisotopic (exact) mass is 200 g/mol. The quantitative estimate of drug-likeness (QED) is 0.372. The van der Waals surface area contributed by atoms with Crippen LogP contribution in [0.3, 0.4) is 0 Å². The van der Waals surface area contributed by atoms with Gasteiger partial charge in [0.1, 0.15) is 0 Å². The summed E-state index contributed by atoms with van der Waals surface area (Å²) in [5, 5.41) is 0. The molecule has 1 atom stereocenters. The molecule has 1 unspecified atom stereocenters. The number of carbonyl (C=O) groups excluding carboxylic acids is 1. The minimum Gasteiger partial charge on any atom is -0.459 e. The number of rotatable bonds is 6. The lowest BCUT2D eigenvalue weighted by Gasteiger charge is -2.15. The van der Waals surface area contributed by atoms with Gasteiger partial charge >= 0.3 is 5.97 Å². The van der Waals surface area contributed by atoms with Gasteiger partial charge in [0.2, 0.25) is 0 Å². The van der Waals surface area contributed by atoms with Crippen molar-refractivity contribution >= 4 is 15.5 Å². The second-order valence-electron chi connectivity index (χ2n) is 3.36. The minimum absolute atomic E-state index is 0.0111. The summed E-state index contributed by atoms with van der Waals surface area (Å²) in [4.78, 5) is 11.2. The molecular formula is C10H20O2Si. The molecule has 0 fully saturated rings. The first kappa shape index (κ1) is 12.4. The van der Waals surface area contributed by atoms with Crippen LogP contribution >= 0.6 is 0 Å². The predicted molar refractivity (Wildman–Crippen MR) is 58.8 cm³/mol. The average molecular weight is 200 g/mol. The van der Waals surface area contributed by atoms with Gasteiger partial charge in [-0.25, -0.2) is 4.79 Å². The van der Waals surface area contributed by atoms with Crippen molar-refractivity contribution in [2.75, 3.05) is 0 Å². The molecule has 0 aliphatic carbocycles. The highest BCUT2D eigenvalue weighted by atomic mass is 28.2. The number of carbonyl (C=O) groups is 1. The lowest BCUT2D eigenvalue weighted by Crippen LogP contribution is -2.19. The fourth-order valence-electron chi connectivity index (χ4n) is 1.03. The van der Waals surface area contributed by atoms with Gasteiger partial charge < -0.3 is 4.74 Å². The topological polar surface area (TPSA) is 26.3 Å². The summed E-state index contributed by atoms with van der Waals surface area (Å²) in [7, 11) is -0.0111. The van der Waals surface area contributed by atoms with Gasteiger partial charge in [0.15, 0.2) is 0 Å². The van der Waals surface area contributed by atoms with Crippen LogP contribution in [0.5, 0.6) is 0 Å². The van der Waals surface area contributed by atoms with E-state index in [2.05, 4.69) is 20.4 Å². The highest BCUT2D eigenvalue weighted by Crippen LogP contribution is 2.07. The SMILES string of the molecule is C=C(C)C(=O)OC(CC)C[SiH2]CC. The van der Waals surface area contributed by atoms with E-state index in [-0.39, 0.29) is 21.6 Å². The predicted octanol–water partition coefficient (Wildman–Crippen LogP) is 1.91. The standard InChI is InChI=1S/C10H20O2Si/c1-5-9(7-13-6-2)12-10(11)8(3)4/h9H,3,5-7,13H2,1-2,4H3. The smallest absolute Gasteiger partial charge is 0.333 e. The number of ether oxygens (including phenoxy) is 1. The minimum atomic E-state index is -0.239. The van der Waals surface area contributed by atoms with E-state index in [9.17, 15) is 4.79 Å². The Morgan fingerprint density at radius 3 is 2.54 bits per heavy atom. The summed E-state index contributed by atoms with van der Waals surface area (Å²) >= 11 is 0. The Hall–Kier alpha value is -0.573. The molecule has 0 aromatic carbocycles. The van der Waals surface area contributed by atoms with Gasteiger partial charge in [-0.15, -0.1) is 0 Å². The van der Waals surface area contributed by atoms with E-state index in [1.54, 1.807) is 6.92 Å². The first-order valence-electron chi connectivity index (χ1n) is 4.98. The second kappa shape index (κ2) is 6.89. The van der Waals surface area contributed by atoms with Crippen LogP contribution in [-0.2, 0) is 9.53 Å². The van der Waals surface area contributed by atoms with Gasteiger partial charge in [-0.3, -0.25) is 0 Å². The summed E-state index contributed by atoms with van der Waals surface area (Å²) < 4.78 is 5.26. The highest BCUT2D eigenvalue weighted by molar-refractivity contribution is 6.35. The lowest BCUT2D eigenvalue weighted by atomic mass is 10.3. The molecular weight excluding hydrogens is 180 g/mol. The van der Waals surface area contributed by atoms with E-state index in [0.717, 1.165) is 12.5 Å². The van der Waals surface area contributed by atoms with Crippen LogP contribution < -0.4 is 0 Å². The molecule has 13 heavy (non-hydrogen) atoms. The van der Waals surface area contributed by atoms with Crippen molar-refractivity contribution in [3.8, 4) is 0 Å². The van der Waals surface area contributed by atoms with Crippen LogP contribution in [0.4, 0.5) is 0 Å². The molecule has 0 aromatic heterocycles. The van der Waals surface area contributed by atoms with Crippen LogP contribution in [0.1, 0.15) is 27.2 Å². The highest BCUT2D eigenvalue weighted by Gasteiger charge is 2.11. The van der Waals surface area contributed by atoms with Gasteiger partial charge in [0.25, 0.3) is 0 Å². The third-order valence-electron chi connectivity index (χ3n) is 1.96. The first-order valence-corrected chi connectivity index (χ1v) is 6.98. The van der Waals surface area contributed by atoms with Crippen molar-refractivity contribution in [3.05, 3.63) is 12.2 Å². The first-order chi connectivity index (χ1) is 6.11. The van der Waals surface area contributed by atoms with Crippen LogP contribution in [0.25, 0.3) is 0 Å². The molecule has 0 saturated carbocycles. The Labute approximate surface area is 83.2 Å². The molecule has 76 valence electrons. The van der Waals surface area contributed by atoms with Gasteiger partial charge in [-0.05, 0) is 19.4 Å². The Morgan fingerprint density at radius 1 is 1.54 bits per heavy atom. The maximum atomic E-state index is 11.2. The van der Waals surface area contributed by atoms with Crippen molar-refractivity contribution in [1.82, 2.24) is 0 Å². The van der Waals surface area contributed by atoms with Crippen LogP contribution in [0.15, 0.2) is 12.2 Å². The van der Waals surface area contributed by atoms with E-state index in [1.807, 2.05) is 0 Å². The molecule has 0 rings (SSSR count). The zero-order chi connectivity index (χ0) is 10.3. The lowest BCUT2D eigenvalue weighted by molar-refractivity contribution is -0.143. The molecule has 0 N–H and O–H groups in total. The largest absolute Gasteiger partial charge is 0.459 e. The van der Waals surface area contributed by atoms with E-state index < -0.39 is 0 Å². The van der Waals surface area contributed by atoms with Crippen LogP contribution in [0.2, 0.25) is 12.1 Å². The maximum absolute atomic E-state index is 11.2. The Bertz CT molecular complexity index is 178. The Kier molecular flexibility index (Phi) is 6.59. The van der Waals surface area contributed by atoms with Crippen molar-refractivity contribution < 1.29 is 9.53 Å². The number of hydrogen-bond acceptors (Lipinski definition) is 2. The fraction of sp³-hybridized carbons (Fsp3) is 0.700. The zero-order valence-electron chi connectivity index (χ0n) is 8.93. The number of esters is 1. The molecule has 0 amide bonds. The Morgan fingerprint density at radius 2 is 2.15 bits per heavy atom. The van der Waals surface area contributed by atoms with E-state index in [4.69, 9.17) is 4.74 Å². The van der Waals surface area contributed by atoms with Crippen LogP contribution in [0, 0.1) is 0 Å². The molecule has 0 spiro atoms. The maximum Gasteiger partial charge on any atom is 0.333 e. The van der Waals surface area contributed by atoms with Crippen LogP contribution in [-0.4, -0.2) is 21.6 Å². The van der Waals surface area contributed by atoms with E-state index in [0.29, 0.717) is 5.57 Å². The van der Waals surface area contributed by atoms with Crippen molar-refractivity contribution in [1.29, 1.82) is 0 Å². The summed E-state index contributed by atoms with van der Waals surface area (Å²) in [6.45, 7) is 9.50. The summed E-state index contributed by atoms with van der Waals surface area (Å²) in [6.07, 6.45) is 1.06. The summed E-state index contributed by atoms with van der Waals surface area (Å²) in [5.74, 6) is -0.239. The summed E-state index contributed by atoms with van der Waals surface area (Å²) in [5.41, 5.74) is 0.497. The zero-order valence-corrected chi connectivity index (χ0v) is 10.3. The number of hydrogen-bond donors (Lipinski definition) is 0. The van der Waals surface area contributed by atoms with Gasteiger partial charge in [-0.1, -0.05) is 26.5 Å². The third-order valence-corrected chi connectivity index (χ3v) is 3.72. The molecule has 0 radical (unpaired) electrons. The molecule has 0 aliphatic heterocycles. The fourth-order valence-corrected chi connectivity index (χ4v) is 2.42. The van der Waals surface area contributed by atoms with E-state index in [1.165, 1.54) is 6.04 Å². The molecule has 3 heteroatoms. The molecule has 0 aromatic rings. The Balaban J connectivity index is 3.83. The van der Waals surface area contributed by atoms with Gasteiger partial charge in [-0.2, -0.15) is 0 Å². The normalized spacial score (nSPS) is 13.2. The average Bonchev–Trinajstić information content (AvgIpc) is 2.11. The van der Waals surface area contributed by atoms with Crippen molar-refractivity contribution in [3.63, 3.8) is 0 Å². The summed E-state index contributed by atoms with van der Waals surface area (Å²) in [6, 6.07) is 2.38. The molecule has 0 aliphatic rings. The second-order valence-corrected chi connectivity index (χ2v) is 5.64.